The average molecular weight is 280 g/mol. The lowest BCUT2D eigenvalue weighted by Gasteiger charge is -2.19. The monoisotopic (exact) mass is 280 g/mol. The minimum atomic E-state index is 0.245. The predicted octanol–water partition coefficient (Wildman–Crippen LogP) is 4.37. The van der Waals surface area contributed by atoms with Crippen LogP contribution in [0.25, 0.3) is 21.5 Å². The molecular weight excluding hydrogens is 260 g/mol. The second-order valence-electron chi connectivity index (χ2n) is 5.34. The lowest BCUT2D eigenvalue weighted by atomic mass is 9.90. The second kappa shape index (κ2) is 6.25. The number of fused-ring (bicyclic) bond motifs is 3. The van der Waals surface area contributed by atoms with Crippen molar-refractivity contribution in [1.29, 1.82) is 0 Å². The quantitative estimate of drug-likeness (QED) is 0.646. The van der Waals surface area contributed by atoms with Gasteiger partial charge in [-0.05, 0) is 27.1 Å². The summed E-state index contributed by atoms with van der Waals surface area (Å²) in [5.41, 5.74) is 1.30. The number of rotatable bonds is 5. The van der Waals surface area contributed by atoms with Crippen molar-refractivity contribution in [3.8, 4) is 0 Å². The normalized spacial score (nSPS) is 11.6. The van der Waals surface area contributed by atoms with Crippen LogP contribution in [0.15, 0.2) is 54.6 Å². The molecule has 0 N–H and O–H groups in total. The fourth-order valence-electron chi connectivity index (χ4n) is 3.05. The molecule has 0 saturated heterocycles. The van der Waals surface area contributed by atoms with Crippen molar-refractivity contribution < 1.29 is 9.47 Å². The third-order valence-corrected chi connectivity index (χ3v) is 3.98. The Morgan fingerprint density at radius 1 is 0.762 bits per heavy atom. The van der Waals surface area contributed by atoms with Crippen molar-refractivity contribution in [3.63, 3.8) is 0 Å². The fourth-order valence-corrected chi connectivity index (χ4v) is 3.05. The molecule has 0 atom stereocenters. The summed E-state index contributed by atoms with van der Waals surface area (Å²) >= 11 is 0. The number of hydrogen-bond donors (Lipinski definition) is 0. The van der Waals surface area contributed by atoms with Crippen molar-refractivity contribution >= 4 is 21.5 Å². The van der Waals surface area contributed by atoms with E-state index in [0.717, 1.165) is 0 Å². The van der Waals surface area contributed by atoms with E-state index in [1.54, 1.807) is 14.2 Å². The lowest BCUT2D eigenvalue weighted by molar-refractivity contribution is 0.117. The summed E-state index contributed by atoms with van der Waals surface area (Å²) in [4.78, 5) is 0. The van der Waals surface area contributed by atoms with Gasteiger partial charge in [0.05, 0.1) is 13.2 Å². The van der Waals surface area contributed by atoms with Gasteiger partial charge in [-0.25, -0.2) is 0 Å². The Hall–Kier alpha value is -1.90. The first-order chi connectivity index (χ1) is 10.3. The van der Waals surface area contributed by atoms with Crippen LogP contribution in [0.4, 0.5) is 0 Å². The summed E-state index contributed by atoms with van der Waals surface area (Å²) in [7, 11) is 3.48. The summed E-state index contributed by atoms with van der Waals surface area (Å²) in [6.07, 6.45) is 0. The number of hydrogen-bond acceptors (Lipinski definition) is 2. The van der Waals surface area contributed by atoms with E-state index in [1.165, 1.54) is 27.1 Å². The van der Waals surface area contributed by atoms with E-state index in [4.69, 9.17) is 9.47 Å². The molecule has 0 spiro atoms. The van der Waals surface area contributed by atoms with Gasteiger partial charge in [0.2, 0.25) is 0 Å². The van der Waals surface area contributed by atoms with E-state index >= 15 is 0 Å². The van der Waals surface area contributed by atoms with Gasteiger partial charge in [-0.3, -0.25) is 0 Å². The van der Waals surface area contributed by atoms with E-state index in [-0.39, 0.29) is 5.92 Å². The molecule has 0 saturated carbocycles. The summed E-state index contributed by atoms with van der Waals surface area (Å²) in [5, 5.41) is 5.15. The van der Waals surface area contributed by atoms with E-state index in [1.807, 2.05) is 0 Å². The van der Waals surface area contributed by atoms with Gasteiger partial charge in [-0.2, -0.15) is 0 Å². The van der Waals surface area contributed by atoms with E-state index in [0.29, 0.717) is 13.2 Å². The summed E-state index contributed by atoms with van der Waals surface area (Å²) in [6, 6.07) is 19.4. The number of methoxy groups -OCH3 is 2. The van der Waals surface area contributed by atoms with Crippen LogP contribution in [0, 0.1) is 0 Å². The molecule has 0 fully saturated rings. The highest BCUT2D eigenvalue weighted by Gasteiger charge is 2.16. The van der Waals surface area contributed by atoms with Crippen molar-refractivity contribution in [3.05, 3.63) is 60.2 Å². The molecule has 0 aromatic heterocycles. The highest BCUT2D eigenvalue weighted by molar-refractivity contribution is 6.09. The molecule has 3 rings (SSSR count). The van der Waals surface area contributed by atoms with Gasteiger partial charge in [0.15, 0.2) is 0 Å². The van der Waals surface area contributed by atoms with E-state index in [2.05, 4.69) is 54.6 Å². The average Bonchev–Trinajstić information content (AvgIpc) is 2.54. The fraction of sp³-hybridized carbons (Fsp3) is 0.263. The van der Waals surface area contributed by atoms with Crippen LogP contribution in [0.1, 0.15) is 11.5 Å². The predicted molar refractivity (Wildman–Crippen MR) is 87.9 cm³/mol. The molecule has 0 aliphatic heterocycles. The van der Waals surface area contributed by atoms with Crippen LogP contribution in [0.3, 0.4) is 0 Å². The van der Waals surface area contributed by atoms with Crippen molar-refractivity contribution in [2.75, 3.05) is 27.4 Å². The Kier molecular flexibility index (Phi) is 4.18. The maximum atomic E-state index is 5.39. The van der Waals surface area contributed by atoms with Crippen LogP contribution >= 0.6 is 0 Å². The topological polar surface area (TPSA) is 18.5 Å². The molecule has 0 aliphatic carbocycles. The second-order valence-corrected chi connectivity index (χ2v) is 5.34. The van der Waals surface area contributed by atoms with E-state index in [9.17, 15) is 0 Å². The number of ether oxygens (including phenoxy) is 2. The van der Waals surface area contributed by atoms with Crippen LogP contribution < -0.4 is 0 Å². The molecular formula is C19H20O2. The Labute approximate surface area is 125 Å². The molecule has 2 nitrogen and oxygen atoms in total. The molecule has 3 aromatic rings. The molecule has 0 radical (unpaired) electrons. The van der Waals surface area contributed by atoms with Gasteiger partial charge in [-0.15, -0.1) is 0 Å². The smallest absolute Gasteiger partial charge is 0.0553 e. The zero-order chi connectivity index (χ0) is 14.7. The van der Waals surface area contributed by atoms with Crippen LogP contribution in [0.2, 0.25) is 0 Å². The third kappa shape index (κ3) is 2.65. The first-order valence-corrected chi connectivity index (χ1v) is 7.23. The minimum absolute atomic E-state index is 0.245. The van der Waals surface area contributed by atoms with E-state index < -0.39 is 0 Å². The van der Waals surface area contributed by atoms with Gasteiger partial charge >= 0.3 is 0 Å². The van der Waals surface area contributed by atoms with Crippen molar-refractivity contribution in [1.82, 2.24) is 0 Å². The van der Waals surface area contributed by atoms with Crippen molar-refractivity contribution in [2.24, 2.45) is 0 Å². The Balaban J connectivity index is 2.28. The molecule has 0 aliphatic rings. The molecule has 21 heavy (non-hydrogen) atoms. The Bertz CT molecular complexity index is 743. The maximum Gasteiger partial charge on any atom is 0.0553 e. The van der Waals surface area contributed by atoms with Gasteiger partial charge in [0.25, 0.3) is 0 Å². The standard InChI is InChI=1S/C19H20O2/c1-20-12-15(13-21-2)19-11-14-7-3-4-8-16(14)17-9-5-6-10-18(17)19/h3-11,15H,12-13H2,1-2H3. The van der Waals surface area contributed by atoms with Gasteiger partial charge in [0.1, 0.15) is 0 Å². The van der Waals surface area contributed by atoms with Gasteiger partial charge in [0, 0.05) is 20.1 Å². The molecule has 0 heterocycles. The summed E-state index contributed by atoms with van der Waals surface area (Å²) < 4.78 is 10.8. The van der Waals surface area contributed by atoms with Crippen LogP contribution in [-0.4, -0.2) is 27.4 Å². The van der Waals surface area contributed by atoms with Crippen LogP contribution in [-0.2, 0) is 9.47 Å². The zero-order valence-electron chi connectivity index (χ0n) is 12.5. The molecule has 0 bridgehead atoms. The maximum absolute atomic E-state index is 5.39. The SMILES string of the molecule is COCC(COC)c1cc2ccccc2c2ccccc12. The minimum Gasteiger partial charge on any atom is -0.384 e. The van der Waals surface area contributed by atoms with Gasteiger partial charge < -0.3 is 9.47 Å². The third-order valence-electron chi connectivity index (χ3n) is 3.98. The Morgan fingerprint density at radius 3 is 2.00 bits per heavy atom. The molecule has 108 valence electrons. The molecule has 0 amide bonds. The largest absolute Gasteiger partial charge is 0.384 e. The summed E-state index contributed by atoms with van der Waals surface area (Å²) in [5.74, 6) is 0.245. The van der Waals surface area contributed by atoms with Crippen LogP contribution in [0.5, 0.6) is 0 Å². The van der Waals surface area contributed by atoms with Gasteiger partial charge in [-0.1, -0.05) is 54.6 Å². The highest BCUT2D eigenvalue weighted by atomic mass is 16.5. The first-order valence-electron chi connectivity index (χ1n) is 7.23. The molecule has 3 aromatic carbocycles. The first kappa shape index (κ1) is 14.1. The number of benzene rings is 3. The lowest BCUT2D eigenvalue weighted by Crippen LogP contribution is -2.13. The zero-order valence-corrected chi connectivity index (χ0v) is 12.5. The highest BCUT2D eigenvalue weighted by Crippen LogP contribution is 2.33. The Morgan fingerprint density at radius 2 is 1.33 bits per heavy atom. The molecule has 2 heteroatoms. The van der Waals surface area contributed by atoms with Crippen molar-refractivity contribution in [2.45, 2.75) is 5.92 Å². The molecule has 0 unspecified atom stereocenters. The summed E-state index contributed by atoms with van der Waals surface area (Å²) in [6.45, 7) is 1.33.